The molecule has 2 amide bonds. The minimum Gasteiger partial charge on any atom is -0.361 e. The van der Waals surface area contributed by atoms with Crippen LogP contribution in [0.2, 0.25) is 0 Å². The number of carbonyl (C=O) groups is 2. The number of nitrogens with zero attached hydrogens (tertiary/aromatic N) is 2. The summed E-state index contributed by atoms with van der Waals surface area (Å²) in [6.07, 6.45) is 9.24. The zero-order valence-corrected chi connectivity index (χ0v) is 16.5. The number of hydrogen-bond acceptors (Lipinski definition) is 5. The molecule has 6 nitrogen and oxygen atoms in total. The zero-order chi connectivity index (χ0) is 21.6. The summed E-state index contributed by atoms with van der Waals surface area (Å²) in [7, 11) is 0. The Bertz CT molecular complexity index is 1240. The predicted molar refractivity (Wildman–Crippen MR) is 119 cm³/mol. The molecule has 0 fully saturated rings. The standard InChI is InChI=1S/C25H18N4O2/c26-12-9-17-3-6-20(7-4-17)28-16-23-22-15-19(2-1-18-10-13-27-14-11-18)5-8-21(22)24(30)29-25(23)31/h1-8,10-11,13-16,28H,9H2,(H,29,30,31)/b2-1+,23-16-. The maximum atomic E-state index is 12.5. The van der Waals surface area contributed by atoms with Crippen molar-refractivity contribution in [2.24, 2.45) is 0 Å². The van der Waals surface area contributed by atoms with Gasteiger partial charge in [-0.2, -0.15) is 5.26 Å². The first-order valence-corrected chi connectivity index (χ1v) is 9.65. The molecule has 0 spiro atoms. The van der Waals surface area contributed by atoms with Crippen LogP contribution < -0.4 is 10.6 Å². The van der Waals surface area contributed by atoms with Gasteiger partial charge < -0.3 is 5.32 Å². The van der Waals surface area contributed by atoms with Gasteiger partial charge in [0.2, 0.25) is 0 Å². The summed E-state index contributed by atoms with van der Waals surface area (Å²) in [5, 5.41) is 14.3. The number of nitriles is 1. The minimum absolute atomic E-state index is 0.342. The Hall–Kier alpha value is -4.50. The molecule has 31 heavy (non-hydrogen) atoms. The molecule has 0 saturated heterocycles. The first-order valence-electron chi connectivity index (χ1n) is 9.65. The quantitative estimate of drug-likeness (QED) is 0.493. The van der Waals surface area contributed by atoms with Crippen LogP contribution in [0.1, 0.15) is 32.6 Å². The van der Waals surface area contributed by atoms with Crippen LogP contribution in [0.4, 0.5) is 5.69 Å². The molecule has 1 aromatic heterocycles. The van der Waals surface area contributed by atoms with Gasteiger partial charge in [-0.05, 0) is 53.1 Å². The average molecular weight is 406 g/mol. The van der Waals surface area contributed by atoms with Gasteiger partial charge in [0.05, 0.1) is 18.1 Å². The van der Waals surface area contributed by atoms with Gasteiger partial charge in [-0.1, -0.05) is 30.4 Å². The number of carbonyl (C=O) groups excluding carboxylic acids is 2. The summed E-state index contributed by atoms with van der Waals surface area (Å²) in [5.74, 6) is -0.871. The third-order valence-electron chi connectivity index (χ3n) is 4.84. The van der Waals surface area contributed by atoms with Gasteiger partial charge in [-0.15, -0.1) is 0 Å². The summed E-state index contributed by atoms with van der Waals surface area (Å²) < 4.78 is 0. The zero-order valence-electron chi connectivity index (χ0n) is 16.5. The summed E-state index contributed by atoms with van der Waals surface area (Å²) in [6, 6.07) is 18.7. The highest BCUT2D eigenvalue weighted by atomic mass is 16.2. The van der Waals surface area contributed by atoms with E-state index in [0.717, 1.165) is 22.4 Å². The van der Waals surface area contributed by atoms with Crippen molar-refractivity contribution in [1.82, 2.24) is 10.3 Å². The highest BCUT2D eigenvalue weighted by Gasteiger charge is 2.27. The van der Waals surface area contributed by atoms with Crippen LogP contribution in [0.3, 0.4) is 0 Å². The van der Waals surface area contributed by atoms with E-state index in [1.54, 1.807) is 24.7 Å². The SMILES string of the molecule is N#CCc1ccc(N/C=C2\C(=O)NC(=O)c3ccc(/C=C/c4ccncc4)cc32)cc1. The van der Waals surface area contributed by atoms with E-state index in [1.807, 2.05) is 60.7 Å². The van der Waals surface area contributed by atoms with E-state index >= 15 is 0 Å². The fourth-order valence-electron chi connectivity index (χ4n) is 3.22. The van der Waals surface area contributed by atoms with Gasteiger partial charge in [0.1, 0.15) is 0 Å². The maximum absolute atomic E-state index is 12.5. The molecule has 3 aromatic rings. The number of fused-ring (bicyclic) bond motifs is 1. The molecule has 6 heteroatoms. The summed E-state index contributed by atoms with van der Waals surface area (Å²) >= 11 is 0. The molecule has 2 N–H and O–H groups in total. The third kappa shape index (κ3) is 4.57. The Labute approximate surface area is 179 Å². The lowest BCUT2D eigenvalue weighted by atomic mass is 9.93. The lowest BCUT2D eigenvalue weighted by molar-refractivity contribution is -0.114. The van der Waals surface area contributed by atoms with Gasteiger partial charge in [0, 0.05) is 35.4 Å². The van der Waals surface area contributed by atoms with E-state index in [1.165, 1.54) is 0 Å². The van der Waals surface area contributed by atoms with Crippen LogP contribution in [0.5, 0.6) is 0 Å². The fraction of sp³-hybridized carbons (Fsp3) is 0.0400. The number of benzene rings is 2. The second kappa shape index (κ2) is 8.89. The molecule has 0 aliphatic carbocycles. The molecular formula is C25H18N4O2. The summed E-state index contributed by atoms with van der Waals surface area (Å²) in [4.78, 5) is 28.8. The summed E-state index contributed by atoms with van der Waals surface area (Å²) in [6.45, 7) is 0. The molecule has 1 aliphatic heterocycles. The summed E-state index contributed by atoms with van der Waals surface area (Å²) in [5.41, 5.74) is 4.93. The molecule has 0 unspecified atom stereocenters. The predicted octanol–water partition coefficient (Wildman–Crippen LogP) is 4.04. The fourth-order valence-corrected chi connectivity index (χ4v) is 3.22. The van der Waals surface area contributed by atoms with E-state index < -0.39 is 11.8 Å². The Morgan fingerprint density at radius 2 is 1.65 bits per heavy atom. The van der Waals surface area contributed by atoms with Crippen molar-refractivity contribution < 1.29 is 9.59 Å². The highest BCUT2D eigenvalue weighted by Crippen LogP contribution is 2.26. The monoisotopic (exact) mass is 406 g/mol. The van der Waals surface area contributed by atoms with Crippen molar-refractivity contribution in [3.63, 3.8) is 0 Å². The number of pyridine rings is 1. The van der Waals surface area contributed by atoms with Crippen LogP contribution in [0.25, 0.3) is 17.7 Å². The van der Waals surface area contributed by atoms with Gasteiger partial charge in [0.25, 0.3) is 11.8 Å². The number of anilines is 1. The molecule has 0 radical (unpaired) electrons. The van der Waals surface area contributed by atoms with Gasteiger partial charge >= 0.3 is 0 Å². The molecule has 0 atom stereocenters. The number of amides is 2. The molecule has 1 aliphatic rings. The Kier molecular flexibility index (Phi) is 5.68. The normalized spacial score (nSPS) is 14.2. The lowest BCUT2D eigenvalue weighted by Crippen LogP contribution is -2.36. The molecule has 4 rings (SSSR count). The van der Waals surface area contributed by atoms with Crippen LogP contribution in [0.15, 0.2) is 73.2 Å². The van der Waals surface area contributed by atoms with E-state index in [4.69, 9.17) is 5.26 Å². The molecule has 0 bridgehead atoms. The Morgan fingerprint density at radius 1 is 0.903 bits per heavy atom. The first kappa shape index (κ1) is 19.8. The van der Waals surface area contributed by atoms with Crippen molar-refractivity contribution in [1.29, 1.82) is 5.26 Å². The second-order valence-corrected chi connectivity index (χ2v) is 6.94. The largest absolute Gasteiger partial charge is 0.361 e. The van der Waals surface area contributed by atoms with E-state index in [9.17, 15) is 9.59 Å². The number of hydrogen-bond donors (Lipinski definition) is 2. The lowest BCUT2D eigenvalue weighted by Gasteiger charge is -2.19. The first-order chi connectivity index (χ1) is 15.1. The Balaban J connectivity index is 1.63. The molecule has 150 valence electrons. The number of imide groups is 1. The topological polar surface area (TPSA) is 94.9 Å². The van der Waals surface area contributed by atoms with Crippen LogP contribution in [-0.2, 0) is 11.2 Å². The van der Waals surface area contributed by atoms with Crippen molar-refractivity contribution in [3.8, 4) is 6.07 Å². The van der Waals surface area contributed by atoms with Crippen molar-refractivity contribution in [2.75, 3.05) is 5.32 Å². The van der Waals surface area contributed by atoms with Crippen LogP contribution >= 0.6 is 0 Å². The molecule has 2 aromatic carbocycles. The number of aromatic nitrogens is 1. The van der Waals surface area contributed by atoms with Crippen LogP contribution in [0, 0.1) is 11.3 Å². The van der Waals surface area contributed by atoms with Crippen molar-refractivity contribution >= 4 is 35.2 Å². The van der Waals surface area contributed by atoms with Crippen molar-refractivity contribution in [3.05, 3.63) is 101 Å². The van der Waals surface area contributed by atoms with E-state index in [-0.39, 0.29) is 0 Å². The average Bonchev–Trinajstić information content (AvgIpc) is 2.79. The highest BCUT2D eigenvalue weighted by molar-refractivity contribution is 6.31. The minimum atomic E-state index is -0.457. The molecule has 0 saturated carbocycles. The van der Waals surface area contributed by atoms with E-state index in [0.29, 0.717) is 23.1 Å². The smallest absolute Gasteiger partial charge is 0.260 e. The number of rotatable bonds is 5. The van der Waals surface area contributed by atoms with Crippen molar-refractivity contribution in [2.45, 2.75) is 6.42 Å². The maximum Gasteiger partial charge on any atom is 0.260 e. The van der Waals surface area contributed by atoms with Gasteiger partial charge in [0.15, 0.2) is 0 Å². The Morgan fingerprint density at radius 3 is 2.39 bits per heavy atom. The second-order valence-electron chi connectivity index (χ2n) is 6.94. The third-order valence-corrected chi connectivity index (χ3v) is 4.84. The van der Waals surface area contributed by atoms with E-state index in [2.05, 4.69) is 21.7 Å². The molecular weight excluding hydrogens is 388 g/mol. The number of nitrogens with one attached hydrogen (secondary N) is 2. The van der Waals surface area contributed by atoms with Crippen LogP contribution in [-0.4, -0.2) is 16.8 Å². The molecule has 2 heterocycles. The van der Waals surface area contributed by atoms with Gasteiger partial charge in [-0.25, -0.2) is 0 Å². The van der Waals surface area contributed by atoms with Gasteiger partial charge in [-0.3, -0.25) is 19.9 Å².